The van der Waals surface area contributed by atoms with Crippen molar-refractivity contribution in [2.45, 2.75) is 31.7 Å². The van der Waals surface area contributed by atoms with Crippen LogP contribution in [0.1, 0.15) is 40.6 Å². The van der Waals surface area contributed by atoms with Gasteiger partial charge in [-0.2, -0.15) is 5.10 Å². The molecule has 8 heteroatoms. The van der Waals surface area contributed by atoms with Crippen LogP contribution in [0.5, 0.6) is 0 Å². The second-order valence-electron chi connectivity index (χ2n) is 7.52. The summed E-state index contributed by atoms with van der Waals surface area (Å²) in [5, 5.41) is 7.58. The second-order valence-corrected chi connectivity index (χ2v) is 9.75. The summed E-state index contributed by atoms with van der Waals surface area (Å²) in [7, 11) is 0.879. The zero-order valence-corrected chi connectivity index (χ0v) is 16.4. The number of carbonyl (C=O) groups excluding carboxylic acids is 1. The quantitative estimate of drug-likeness (QED) is 0.867. The molecule has 1 aromatic carbocycles. The Morgan fingerprint density at radius 1 is 1.22 bits per heavy atom. The van der Waals surface area contributed by atoms with E-state index in [1.54, 1.807) is 4.68 Å². The first-order valence-corrected chi connectivity index (χ1v) is 11.1. The normalized spacial score (nSPS) is 20.4. The maximum absolute atomic E-state index is 13.1. The topological polar surface area (TPSA) is 84.3 Å². The Morgan fingerprint density at radius 3 is 2.59 bits per heavy atom. The van der Waals surface area contributed by atoms with E-state index in [9.17, 15) is 13.2 Å². The molecular weight excluding hydrogens is 364 g/mol. The van der Waals surface area contributed by atoms with Gasteiger partial charge in [0.15, 0.2) is 9.84 Å². The molecule has 7 nitrogen and oxygen atoms in total. The Morgan fingerprint density at radius 2 is 1.96 bits per heavy atom. The summed E-state index contributed by atoms with van der Waals surface area (Å²) in [5.74, 6) is 0.00761. The van der Waals surface area contributed by atoms with E-state index >= 15 is 0 Å². The summed E-state index contributed by atoms with van der Waals surface area (Å²) >= 11 is 0. The monoisotopic (exact) mass is 388 g/mol. The van der Waals surface area contributed by atoms with Crippen molar-refractivity contribution >= 4 is 27.1 Å². The van der Waals surface area contributed by atoms with Gasteiger partial charge in [0.05, 0.1) is 23.2 Å². The fourth-order valence-electron chi connectivity index (χ4n) is 3.92. The number of benzene rings is 1. The molecule has 27 heavy (non-hydrogen) atoms. The lowest BCUT2D eigenvalue weighted by Gasteiger charge is -2.16. The summed E-state index contributed by atoms with van der Waals surface area (Å²) in [6.45, 7) is 0. The van der Waals surface area contributed by atoms with E-state index in [0.29, 0.717) is 17.8 Å². The molecule has 1 unspecified atom stereocenters. The molecule has 0 saturated carbocycles. The summed E-state index contributed by atoms with van der Waals surface area (Å²) < 4.78 is 25.5. The molecule has 4 rings (SSSR count). The summed E-state index contributed by atoms with van der Waals surface area (Å²) in [6.07, 6.45) is 3.16. The Kier molecular flexibility index (Phi) is 4.46. The van der Waals surface area contributed by atoms with E-state index in [4.69, 9.17) is 0 Å². The molecule has 0 spiro atoms. The molecule has 1 aliphatic heterocycles. The van der Waals surface area contributed by atoms with Gasteiger partial charge < -0.3 is 10.2 Å². The van der Waals surface area contributed by atoms with Gasteiger partial charge in [-0.1, -0.05) is 0 Å². The molecule has 2 aliphatic rings. The van der Waals surface area contributed by atoms with Crippen LogP contribution in [-0.2, 0) is 22.7 Å². The number of aryl methyl sites for hydroxylation is 1. The maximum Gasteiger partial charge on any atom is 0.274 e. The summed E-state index contributed by atoms with van der Waals surface area (Å²) in [6, 6.07) is 7.38. The van der Waals surface area contributed by atoms with Gasteiger partial charge in [-0.25, -0.2) is 8.42 Å². The predicted molar refractivity (Wildman–Crippen MR) is 105 cm³/mol. The first-order valence-electron chi connectivity index (χ1n) is 9.23. The molecule has 1 aromatic heterocycles. The van der Waals surface area contributed by atoms with Crippen LogP contribution in [0, 0.1) is 0 Å². The number of nitrogens with zero attached hydrogens (tertiary/aromatic N) is 3. The molecule has 1 fully saturated rings. The van der Waals surface area contributed by atoms with Crippen molar-refractivity contribution in [3.05, 3.63) is 41.2 Å². The average Bonchev–Trinajstić information content (AvgIpc) is 3.28. The highest BCUT2D eigenvalue weighted by Gasteiger charge is 2.35. The highest BCUT2D eigenvalue weighted by atomic mass is 32.2. The second kappa shape index (κ2) is 6.67. The Hall–Kier alpha value is -2.35. The maximum atomic E-state index is 13.1. The molecule has 2 heterocycles. The lowest BCUT2D eigenvalue weighted by Crippen LogP contribution is -2.23. The molecular formula is C19H24N4O3S. The van der Waals surface area contributed by atoms with E-state index < -0.39 is 9.84 Å². The van der Waals surface area contributed by atoms with Crippen molar-refractivity contribution in [2.24, 2.45) is 0 Å². The Balaban J connectivity index is 1.63. The third-order valence-electron chi connectivity index (χ3n) is 5.34. The fourth-order valence-corrected chi connectivity index (χ4v) is 5.61. The third kappa shape index (κ3) is 3.45. The summed E-state index contributed by atoms with van der Waals surface area (Å²) in [4.78, 5) is 15.1. The van der Waals surface area contributed by atoms with Gasteiger partial charge in [0, 0.05) is 31.0 Å². The van der Waals surface area contributed by atoms with Crippen molar-refractivity contribution in [2.75, 3.05) is 35.8 Å². The molecule has 1 amide bonds. The number of anilines is 2. The SMILES string of the molecule is CN(C)c1ccc(NC(=O)c2c3c(nn2C2CCS(=O)(=O)C2)CCC3)cc1. The van der Waals surface area contributed by atoms with Crippen molar-refractivity contribution in [1.29, 1.82) is 0 Å². The van der Waals surface area contributed by atoms with Gasteiger partial charge in [0.2, 0.25) is 0 Å². The van der Waals surface area contributed by atoms with Gasteiger partial charge in [0.25, 0.3) is 5.91 Å². The smallest absolute Gasteiger partial charge is 0.274 e. The fraction of sp³-hybridized carbons (Fsp3) is 0.474. The minimum absolute atomic E-state index is 0.0609. The number of rotatable bonds is 4. The van der Waals surface area contributed by atoms with Crippen LogP contribution in [0.15, 0.2) is 24.3 Å². The van der Waals surface area contributed by atoms with Gasteiger partial charge >= 0.3 is 0 Å². The number of aromatic nitrogens is 2. The van der Waals surface area contributed by atoms with E-state index in [0.717, 1.165) is 36.2 Å². The van der Waals surface area contributed by atoms with Crippen LogP contribution in [0.25, 0.3) is 0 Å². The standard InChI is InChI=1S/C19H24N4O3S/c1-22(2)14-8-6-13(7-9-14)20-19(24)18-16-4-3-5-17(16)21-23(18)15-10-11-27(25,26)12-15/h6-9,15H,3-5,10-12H2,1-2H3,(H,20,24). The van der Waals surface area contributed by atoms with Crippen LogP contribution in [0.2, 0.25) is 0 Å². The Labute approximate surface area is 159 Å². The van der Waals surface area contributed by atoms with Crippen LogP contribution < -0.4 is 10.2 Å². The van der Waals surface area contributed by atoms with Crippen molar-refractivity contribution in [3.63, 3.8) is 0 Å². The highest BCUT2D eigenvalue weighted by Crippen LogP contribution is 2.31. The van der Waals surface area contributed by atoms with Crippen LogP contribution >= 0.6 is 0 Å². The van der Waals surface area contributed by atoms with Crippen LogP contribution in [-0.4, -0.2) is 49.7 Å². The van der Waals surface area contributed by atoms with E-state index in [2.05, 4.69) is 10.4 Å². The molecule has 0 bridgehead atoms. The van der Waals surface area contributed by atoms with Gasteiger partial charge in [-0.3, -0.25) is 9.48 Å². The molecule has 1 N–H and O–H groups in total. The summed E-state index contributed by atoms with van der Waals surface area (Å²) in [5.41, 5.74) is 4.20. The molecule has 0 radical (unpaired) electrons. The van der Waals surface area contributed by atoms with Gasteiger partial charge in [-0.15, -0.1) is 0 Å². The van der Waals surface area contributed by atoms with Crippen molar-refractivity contribution in [1.82, 2.24) is 9.78 Å². The number of fused-ring (bicyclic) bond motifs is 1. The van der Waals surface area contributed by atoms with Crippen LogP contribution in [0.3, 0.4) is 0 Å². The number of carbonyl (C=O) groups is 1. The number of nitrogens with one attached hydrogen (secondary N) is 1. The van der Waals surface area contributed by atoms with Crippen LogP contribution in [0.4, 0.5) is 11.4 Å². The van der Waals surface area contributed by atoms with E-state index in [1.807, 2.05) is 43.3 Å². The molecule has 1 saturated heterocycles. The van der Waals surface area contributed by atoms with Gasteiger partial charge in [0.1, 0.15) is 5.69 Å². The lowest BCUT2D eigenvalue weighted by atomic mass is 10.1. The minimum Gasteiger partial charge on any atom is -0.378 e. The van der Waals surface area contributed by atoms with Gasteiger partial charge in [-0.05, 0) is 49.9 Å². The molecule has 144 valence electrons. The average molecular weight is 388 g/mol. The third-order valence-corrected chi connectivity index (χ3v) is 7.09. The first-order chi connectivity index (χ1) is 12.8. The van der Waals surface area contributed by atoms with Crippen molar-refractivity contribution in [3.8, 4) is 0 Å². The lowest BCUT2D eigenvalue weighted by molar-refractivity contribution is 0.101. The predicted octanol–water partition coefficient (Wildman–Crippen LogP) is 2.05. The minimum atomic E-state index is -3.05. The molecule has 2 aromatic rings. The van der Waals surface area contributed by atoms with E-state index in [-0.39, 0.29) is 23.5 Å². The molecule has 1 aliphatic carbocycles. The van der Waals surface area contributed by atoms with Crippen molar-refractivity contribution < 1.29 is 13.2 Å². The first kappa shape index (κ1) is 18.0. The molecule has 1 atom stereocenters. The zero-order valence-electron chi connectivity index (χ0n) is 15.6. The number of hydrogen-bond acceptors (Lipinski definition) is 5. The number of hydrogen-bond donors (Lipinski definition) is 1. The number of amides is 1. The zero-order chi connectivity index (χ0) is 19.2. The number of sulfone groups is 1. The Bertz CT molecular complexity index is 977. The largest absolute Gasteiger partial charge is 0.378 e. The van der Waals surface area contributed by atoms with E-state index in [1.165, 1.54) is 0 Å². The highest BCUT2D eigenvalue weighted by molar-refractivity contribution is 7.91.